The minimum Gasteiger partial charge on any atom is -0.493 e. The number of sulfonamides is 1. The Morgan fingerprint density at radius 2 is 2.15 bits per heavy atom. The van der Waals surface area contributed by atoms with E-state index < -0.39 is 10.0 Å². The van der Waals surface area contributed by atoms with Crippen molar-refractivity contribution in [3.63, 3.8) is 0 Å². The maximum Gasteiger partial charge on any atom is 0.243 e. The van der Waals surface area contributed by atoms with E-state index in [4.69, 9.17) is 4.74 Å². The van der Waals surface area contributed by atoms with Gasteiger partial charge in [0.05, 0.1) is 18.1 Å². The third-order valence-corrected chi connectivity index (χ3v) is 4.58. The lowest BCUT2D eigenvalue weighted by Crippen LogP contribution is -2.27. The van der Waals surface area contributed by atoms with Gasteiger partial charge < -0.3 is 9.84 Å². The quantitative estimate of drug-likeness (QED) is 0.743. The number of nitrogens with zero attached hydrogens (tertiary/aromatic N) is 1. The molecule has 0 bridgehead atoms. The minimum atomic E-state index is -3.58. The lowest BCUT2D eigenvalue weighted by molar-refractivity contribution is 0.262. The molecule has 0 radical (unpaired) electrons. The van der Waals surface area contributed by atoms with E-state index in [0.29, 0.717) is 17.9 Å². The summed E-state index contributed by atoms with van der Waals surface area (Å²) in [6, 6.07) is 4.51. The summed E-state index contributed by atoms with van der Waals surface area (Å²) in [5, 5.41) is 9.35. The average molecular weight is 299 g/mol. The number of rotatable bonds is 8. The van der Waals surface area contributed by atoms with Gasteiger partial charge in [-0.15, -0.1) is 6.58 Å². The molecule has 0 spiro atoms. The average Bonchev–Trinajstić information content (AvgIpc) is 2.45. The van der Waals surface area contributed by atoms with Crippen molar-refractivity contribution in [2.45, 2.75) is 24.8 Å². The Hall–Kier alpha value is -1.37. The van der Waals surface area contributed by atoms with Gasteiger partial charge in [-0.25, -0.2) is 8.42 Å². The van der Waals surface area contributed by atoms with Gasteiger partial charge in [0.25, 0.3) is 0 Å². The molecule has 0 aliphatic heterocycles. The first-order valence-electron chi connectivity index (χ1n) is 6.41. The van der Waals surface area contributed by atoms with Crippen LogP contribution in [0.2, 0.25) is 0 Å². The molecule has 5 nitrogen and oxygen atoms in total. The van der Waals surface area contributed by atoms with Crippen LogP contribution in [0.4, 0.5) is 0 Å². The fourth-order valence-electron chi connectivity index (χ4n) is 1.65. The van der Waals surface area contributed by atoms with E-state index >= 15 is 0 Å². The lowest BCUT2D eigenvalue weighted by Gasteiger charge is -2.17. The molecule has 0 atom stereocenters. The molecule has 1 aromatic carbocycles. The Morgan fingerprint density at radius 1 is 1.45 bits per heavy atom. The molecule has 1 aromatic rings. The van der Waals surface area contributed by atoms with Crippen LogP contribution in [0, 0.1) is 0 Å². The van der Waals surface area contributed by atoms with Gasteiger partial charge in [-0.1, -0.05) is 13.0 Å². The topological polar surface area (TPSA) is 66.8 Å². The lowest BCUT2D eigenvalue weighted by atomic mass is 10.2. The van der Waals surface area contributed by atoms with Gasteiger partial charge in [0.1, 0.15) is 5.75 Å². The molecule has 0 unspecified atom stereocenters. The normalized spacial score (nSPS) is 11.6. The summed E-state index contributed by atoms with van der Waals surface area (Å²) in [6.07, 6.45) is 2.36. The molecular weight excluding hydrogens is 278 g/mol. The highest BCUT2D eigenvalue weighted by Gasteiger charge is 2.21. The van der Waals surface area contributed by atoms with Crippen molar-refractivity contribution in [3.8, 4) is 5.75 Å². The zero-order valence-electron chi connectivity index (χ0n) is 11.9. The van der Waals surface area contributed by atoms with Crippen molar-refractivity contribution in [1.29, 1.82) is 0 Å². The molecule has 112 valence electrons. The molecule has 0 fully saturated rings. The summed E-state index contributed by atoms with van der Waals surface area (Å²) in [7, 11) is -2.09. The standard InChI is InChI=1S/C14H21NO4S/c1-4-8-15(3)20(17,18)13-6-7-14(19-9-5-2)12(10-13)11-16/h4,6-7,10,16H,1,5,8-9,11H2,2-3H3. The zero-order valence-corrected chi connectivity index (χ0v) is 12.7. The van der Waals surface area contributed by atoms with Crippen molar-refractivity contribution < 1.29 is 18.3 Å². The summed E-state index contributed by atoms with van der Waals surface area (Å²) in [5.41, 5.74) is 0.464. The molecule has 20 heavy (non-hydrogen) atoms. The summed E-state index contributed by atoms with van der Waals surface area (Å²) in [5.74, 6) is 0.514. The second-order valence-electron chi connectivity index (χ2n) is 4.35. The number of aliphatic hydroxyl groups excluding tert-OH is 1. The van der Waals surface area contributed by atoms with Crippen molar-refractivity contribution in [2.24, 2.45) is 0 Å². The van der Waals surface area contributed by atoms with Crippen LogP contribution in [0.1, 0.15) is 18.9 Å². The van der Waals surface area contributed by atoms with Crippen LogP contribution in [-0.4, -0.2) is 38.0 Å². The Kier molecular flexibility index (Phi) is 6.19. The van der Waals surface area contributed by atoms with E-state index in [1.165, 1.54) is 29.6 Å². The van der Waals surface area contributed by atoms with E-state index in [9.17, 15) is 13.5 Å². The number of aliphatic hydroxyl groups is 1. The van der Waals surface area contributed by atoms with Crippen molar-refractivity contribution in [2.75, 3.05) is 20.2 Å². The van der Waals surface area contributed by atoms with Crippen LogP contribution >= 0.6 is 0 Å². The SMILES string of the molecule is C=CCN(C)S(=O)(=O)c1ccc(OCCC)c(CO)c1. The Bertz CT molecular complexity index is 554. The molecular formula is C14H21NO4S. The van der Waals surface area contributed by atoms with Crippen LogP contribution in [-0.2, 0) is 16.6 Å². The number of ether oxygens (including phenoxy) is 1. The first kappa shape index (κ1) is 16.7. The fraction of sp³-hybridized carbons (Fsp3) is 0.429. The van der Waals surface area contributed by atoms with Gasteiger partial charge in [-0.2, -0.15) is 4.31 Å². The highest BCUT2D eigenvalue weighted by molar-refractivity contribution is 7.89. The zero-order chi connectivity index (χ0) is 15.2. The third kappa shape index (κ3) is 3.82. The molecule has 0 aromatic heterocycles. The first-order chi connectivity index (χ1) is 9.47. The predicted octanol–water partition coefficient (Wildman–Crippen LogP) is 1.77. The molecule has 0 aliphatic carbocycles. The molecule has 0 saturated heterocycles. The van der Waals surface area contributed by atoms with Gasteiger partial charge in [-0.3, -0.25) is 0 Å². The summed E-state index contributed by atoms with van der Waals surface area (Å²) >= 11 is 0. The molecule has 1 rings (SSSR count). The fourth-order valence-corrected chi connectivity index (χ4v) is 2.85. The van der Waals surface area contributed by atoms with Gasteiger partial charge in [0.2, 0.25) is 10.0 Å². The number of hydrogen-bond donors (Lipinski definition) is 1. The van der Waals surface area contributed by atoms with Crippen molar-refractivity contribution in [3.05, 3.63) is 36.4 Å². The van der Waals surface area contributed by atoms with Gasteiger partial charge in [0, 0.05) is 19.2 Å². The van der Waals surface area contributed by atoms with Crippen LogP contribution in [0.3, 0.4) is 0 Å². The number of likely N-dealkylation sites (N-methyl/N-ethyl adjacent to an activating group) is 1. The molecule has 0 aliphatic rings. The molecule has 0 saturated carbocycles. The van der Waals surface area contributed by atoms with Crippen LogP contribution in [0.25, 0.3) is 0 Å². The highest BCUT2D eigenvalue weighted by Crippen LogP contribution is 2.24. The summed E-state index contributed by atoms with van der Waals surface area (Å²) in [4.78, 5) is 0.134. The molecule has 0 amide bonds. The second-order valence-corrected chi connectivity index (χ2v) is 6.40. The maximum absolute atomic E-state index is 12.3. The van der Waals surface area contributed by atoms with Crippen LogP contribution in [0.5, 0.6) is 5.75 Å². The smallest absolute Gasteiger partial charge is 0.243 e. The number of hydrogen-bond acceptors (Lipinski definition) is 4. The van der Waals surface area contributed by atoms with E-state index in [2.05, 4.69) is 6.58 Å². The summed E-state index contributed by atoms with van der Waals surface area (Å²) in [6.45, 7) is 5.98. The van der Waals surface area contributed by atoms with E-state index in [-0.39, 0.29) is 18.0 Å². The van der Waals surface area contributed by atoms with E-state index in [0.717, 1.165) is 6.42 Å². The highest BCUT2D eigenvalue weighted by atomic mass is 32.2. The first-order valence-corrected chi connectivity index (χ1v) is 7.85. The molecule has 6 heteroatoms. The summed E-state index contributed by atoms with van der Waals surface area (Å²) < 4.78 is 31.2. The monoisotopic (exact) mass is 299 g/mol. The molecule has 1 N–H and O–H groups in total. The Balaban J connectivity index is 3.11. The predicted molar refractivity (Wildman–Crippen MR) is 78.2 cm³/mol. The van der Waals surface area contributed by atoms with Gasteiger partial charge in [-0.05, 0) is 24.6 Å². The van der Waals surface area contributed by atoms with Crippen LogP contribution in [0.15, 0.2) is 35.7 Å². The molecule has 0 heterocycles. The van der Waals surface area contributed by atoms with E-state index in [1.54, 1.807) is 6.07 Å². The van der Waals surface area contributed by atoms with Crippen LogP contribution < -0.4 is 4.74 Å². The minimum absolute atomic E-state index is 0.134. The third-order valence-electron chi connectivity index (χ3n) is 2.76. The largest absolute Gasteiger partial charge is 0.493 e. The Labute approximate surface area is 120 Å². The van der Waals surface area contributed by atoms with Gasteiger partial charge >= 0.3 is 0 Å². The second kappa shape index (κ2) is 7.42. The van der Waals surface area contributed by atoms with E-state index in [1.807, 2.05) is 6.92 Å². The Morgan fingerprint density at radius 3 is 2.70 bits per heavy atom. The number of benzene rings is 1. The van der Waals surface area contributed by atoms with Crippen molar-refractivity contribution >= 4 is 10.0 Å². The maximum atomic E-state index is 12.3. The van der Waals surface area contributed by atoms with Gasteiger partial charge in [0.15, 0.2) is 0 Å². The van der Waals surface area contributed by atoms with Crippen molar-refractivity contribution in [1.82, 2.24) is 4.31 Å².